The normalized spacial score (nSPS) is 58.3. The Morgan fingerprint density at radius 1 is 0.900 bits per heavy atom. The number of aliphatic hydroxyl groups is 1. The van der Waals surface area contributed by atoms with Gasteiger partial charge < -0.3 is 5.11 Å². The van der Waals surface area contributed by atoms with Crippen molar-refractivity contribution in [2.45, 2.75) is 90.7 Å². The number of carbonyl (C=O) groups excluding carboxylic acids is 1. The van der Waals surface area contributed by atoms with Crippen LogP contribution in [0, 0.1) is 58.7 Å². The second-order valence-corrected chi connectivity index (χ2v) is 13.0. The van der Waals surface area contributed by atoms with E-state index < -0.39 is 0 Å². The summed E-state index contributed by atoms with van der Waals surface area (Å²) in [6.45, 7) is 10.1. The van der Waals surface area contributed by atoms with Crippen molar-refractivity contribution in [3.8, 4) is 0 Å². The maximum Gasteiger partial charge on any atom is 0.136 e. The van der Waals surface area contributed by atoms with Crippen molar-refractivity contribution in [1.82, 2.24) is 4.90 Å². The molecule has 6 aliphatic rings. The van der Waals surface area contributed by atoms with Gasteiger partial charge in [-0.2, -0.15) is 0 Å². The van der Waals surface area contributed by atoms with Gasteiger partial charge in [0.15, 0.2) is 0 Å². The van der Waals surface area contributed by atoms with E-state index in [0.29, 0.717) is 11.7 Å². The number of carbonyl (C=O) groups is 1. The molecule has 0 aromatic heterocycles. The first kappa shape index (κ1) is 20.2. The Balaban J connectivity index is 1.28. The Morgan fingerprint density at radius 3 is 2.53 bits per heavy atom. The number of rotatable bonds is 0. The molecule has 0 unspecified atom stereocenters. The minimum absolute atomic E-state index is 0.135. The molecule has 1 N–H and O–H groups in total. The molecule has 0 aromatic rings. The molecule has 30 heavy (non-hydrogen) atoms. The van der Waals surface area contributed by atoms with Crippen LogP contribution in [0.15, 0.2) is 0 Å². The van der Waals surface area contributed by atoms with Crippen LogP contribution in [0.1, 0.15) is 78.6 Å². The van der Waals surface area contributed by atoms with Crippen LogP contribution in [0.4, 0.5) is 0 Å². The Morgan fingerprint density at radius 2 is 1.70 bits per heavy atom. The molecule has 0 bridgehead atoms. The van der Waals surface area contributed by atoms with Crippen LogP contribution in [-0.4, -0.2) is 41.0 Å². The maximum absolute atomic E-state index is 13.2. The zero-order valence-corrected chi connectivity index (χ0v) is 19.4. The van der Waals surface area contributed by atoms with E-state index >= 15 is 0 Å². The number of aliphatic hydroxyl groups excluding tert-OH is 1. The predicted octanol–water partition coefficient (Wildman–Crippen LogP) is 4.77. The summed E-state index contributed by atoms with van der Waals surface area (Å²) in [7, 11) is 0. The molecule has 3 nitrogen and oxygen atoms in total. The lowest BCUT2D eigenvalue weighted by Crippen LogP contribution is -2.58. The van der Waals surface area contributed by atoms with Crippen molar-refractivity contribution < 1.29 is 9.90 Å². The molecule has 4 saturated carbocycles. The van der Waals surface area contributed by atoms with Crippen molar-refractivity contribution in [2.24, 2.45) is 58.7 Å². The lowest BCUT2D eigenvalue weighted by Gasteiger charge is -2.56. The number of Topliss-reactive ketones (excluding diaryl/α,β-unsaturated/α-hetero) is 1. The van der Waals surface area contributed by atoms with Crippen molar-refractivity contribution in [1.29, 1.82) is 0 Å². The van der Waals surface area contributed by atoms with E-state index in [1.807, 2.05) is 0 Å². The molecule has 12 atom stereocenters. The summed E-state index contributed by atoms with van der Waals surface area (Å²) < 4.78 is 0. The average Bonchev–Trinajstić information content (AvgIpc) is 3.09. The van der Waals surface area contributed by atoms with Gasteiger partial charge in [0.25, 0.3) is 0 Å². The van der Waals surface area contributed by atoms with Crippen LogP contribution >= 0.6 is 0 Å². The van der Waals surface area contributed by atoms with Crippen molar-refractivity contribution in [2.75, 3.05) is 13.1 Å². The summed E-state index contributed by atoms with van der Waals surface area (Å²) >= 11 is 0. The molecular formula is C27H43NO2. The van der Waals surface area contributed by atoms with Gasteiger partial charge in [0.1, 0.15) is 5.78 Å². The van der Waals surface area contributed by atoms with Gasteiger partial charge in [0.2, 0.25) is 0 Å². The third-order valence-electron chi connectivity index (χ3n) is 11.8. The number of fused-ring (bicyclic) bond motifs is 8. The first-order valence-corrected chi connectivity index (χ1v) is 13.3. The number of hydrogen-bond acceptors (Lipinski definition) is 3. The highest BCUT2D eigenvalue weighted by Crippen LogP contribution is 2.66. The molecular weight excluding hydrogens is 370 g/mol. The fraction of sp³-hybridized carbons (Fsp3) is 0.963. The molecule has 6 fully saturated rings. The lowest BCUT2D eigenvalue weighted by atomic mass is 9.51. The summed E-state index contributed by atoms with van der Waals surface area (Å²) in [4.78, 5) is 16.1. The Labute approximate surface area is 183 Å². The van der Waals surface area contributed by atoms with E-state index in [-0.39, 0.29) is 17.4 Å². The third-order valence-corrected chi connectivity index (χ3v) is 11.8. The molecule has 2 aliphatic heterocycles. The van der Waals surface area contributed by atoms with Crippen molar-refractivity contribution in [3.63, 3.8) is 0 Å². The van der Waals surface area contributed by atoms with Crippen LogP contribution in [-0.2, 0) is 4.79 Å². The summed E-state index contributed by atoms with van der Waals surface area (Å²) in [5.74, 6) is 7.19. The second kappa shape index (κ2) is 7.04. The van der Waals surface area contributed by atoms with E-state index in [1.165, 1.54) is 45.2 Å². The van der Waals surface area contributed by atoms with E-state index in [2.05, 4.69) is 25.7 Å². The molecule has 2 heterocycles. The number of piperidine rings is 2. The quantitative estimate of drug-likeness (QED) is 0.622. The van der Waals surface area contributed by atoms with Gasteiger partial charge in [-0.25, -0.2) is 0 Å². The molecule has 0 radical (unpaired) electrons. The minimum Gasteiger partial charge on any atom is -0.393 e. The van der Waals surface area contributed by atoms with Gasteiger partial charge in [0, 0.05) is 31.5 Å². The zero-order valence-electron chi connectivity index (χ0n) is 19.4. The van der Waals surface area contributed by atoms with E-state index in [1.54, 1.807) is 0 Å². The SMILES string of the molecule is C[C@H]1CC[C@H]2[C@H](C)[C@H]3CC[C@@H]4[C@@H](C[C@H]5[C@H]4CC(=O)[C@@H]4C[C@@H](O)CC[C@@]45C)[C@@H]3CN2C1. The highest BCUT2D eigenvalue weighted by Gasteiger charge is 2.62. The van der Waals surface area contributed by atoms with Gasteiger partial charge in [0.05, 0.1) is 6.10 Å². The molecule has 0 aromatic carbocycles. The van der Waals surface area contributed by atoms with Crippen LogP contribution in [0.5, 0.6) is 0 Å². The van der Waals surface area contributed by atoms with Gasteiger partial charge in [-0.3, -0.25) is 9.69 Å². The maximum atomic E-state index is 13.2. The highest BCUT2D eigenvalue weighted by molar-refractivity contribution is 5.83. The first-order valence-electron chi connectivity index (χ1n) is 13.3. The standard InChI is InChI=1S/C27H43NO2/c1-15-4-7-25-16(2)18-5-6-19-20(22(18)14-28(25)13-15)11-23-21(19)12-26(30)24-10-17(29)8-9-27(23,24)3/h15-25,29H,4-14H2,1-3H3/t15-,16+,17-,18+,19+,20+,21-,22+,23-,24-,25-,27+/m0/s1. The van der Waals surface area contributed by atoms with E-state index in [9.17, 15) is 9.90 Å². The number of hydrogen-bond donors (Lipinski definition) is 1. The van der Waals surface area contributed by atoms with Crippen LogP contribution in [0.25, 0.3) is 0 Å². The highest BCUT2D eigenvalue weighted by atomic mass is 16.3. The monoisotopic (exact) mass is 413 g/mol. The van der Waals surface area contributed by atoms with Crippen LogP contribution in [0.2, 0.25) is 0 Å². The number of ketones is 1. The largest absolute Gasteiger partial charge is 0.393 e. The predicted molar refractivity (Wildman–Crippen MR) is 119 cm³/mol. The topological polar surface area (TPSA) is 40.5 Å². The van der Waals surface area contributed by atoms with Gasteiger partial charge >= 0.3 is 0 Å². The van der Waals surface area contributed by atoms with Crippen molar-refractivity contribution >= 4 is 5.78 Å². The third kappa shape index (κ3) is 2.79. The Kier molecular flexibility index (Phi) is 4.75. The average molecular weight is 414 g/mol. The van der Waals surface area contributed by atoms with Crippen LogP contribution in [0.3, 0.4) is 0 Å². The molecule has 3 heteroatoms. The number of nitrogens with zero attached hydrogens (tertiary/aromatic N) is 1. The van der Waals surface area contributed by atoms with Crippen LogP contribution < -0.4 is 0 Å². The molecule has 0 spiro atoms. The first-order chi connectivity index (χ1) is 14.4. The molecule has 6 rings (SSSR count). The van der Waals surface area contributed by atoms with Crippen molar-refractivity contribution in [3.05, 3.63) is 0 Å². The summed E-state index contributed by atoms with van der Waals surface area (Å²) in [5.41, 5.74) is 0.161. The van der Waals surface area contributed by atoms with Gasteiger partial charge in [-0.1, -0.05) is 20.8 Å². The smallest absolute Gasteiger partial charge is 0.136 e. The minimum atomic E-state index is -0.242. The Bertz CT molecular complexity index is 705. The molecule has 168 valence electrons. The summed E-state index contributed by atoms with van der Waals surface area (Å²) in [6, 6.07) is 0.839. The summed E-state index contributed by atoms with van der Waals surface area (Å²) in [5, 5.41) is 10.3. The summed E-state index contributed by atoms with van der Waals surface area (Å²) in [6.07, 6.45) is 10.3. The molecule has 4 aliphatic carbocycles. The fourth-order valence-corrected chi connectivity index (χ4v) is 10.3. The lowest BCUT2D eigenvalue weighted by molar-refractivity contribution is -0.145. The van der Waals surface area contributed by atoms with Gasteiger partial charge in [-0.05, 0) is 104 Å². The molecule has 0 amide bonds. The van der Waals surface area contributed by atoms with E-state index in [0.717, 1.165) is 73.2 Å². The molecule has 2 saturated heterocycles. The Hall–Kier alpha value is -0.410. The second-order valence-electron chi connectivity index (χ2n) is 13.0. The van der Waals surface area contributed by atoms with E-state index in [4.69, 9.17) is 0 Å². The zero-order chi connectivity index (χ0) is 20.8. The fourth-order valence-electron chi connectivity index (χ4n) is 10.3. The van der Waals surface area contributed by atoms with Gasteiger partial charge in [-0.15, -0.1) is 0 Å².